The quantitative estimate of drug-likeness (QED) is 0.307. The average molecular weight is 490 g/mol. The highest BCUT2D eigenvalue weighted by molar-refractivity contribution is 6.29. The molecule has 1 unspecified atom stereocenters. The summed E-state index contributed by atoms with van der Waals surface area (Å²) in [6.45, 7) is 5.22. The molecule has 2 N–H and O–H groups in total. The van der Waals surface area contributed by atoms with Crippen molar-refractivity contribution in [2.45, 2.75) is 26.8 Å². The Bertz CT molecular complexity index is 1720. The van der Waals surface area contributed by atoms with Crippen LogP contribution in [0.25, 0.3) is 33.8 Å². The lowest BCUT2D eigenvalue weighted by atomic mass is 9.98. The van der Waals surface area contributed by atoms with Crippen LogP contribution in [0.3, 0.4) is 0 Å². The van der Waals surface area contributed by atoms with Gasteiger partial charge in [0, 0.05) is 16.7 Å². The lowest BCUT2D eigenvalue weighted by Gasteiger charge is -2.20. The van der Waals surface area contributed by atoms with Crippen molar-refractivity contribution < 1.29 is 10.3 Å². The maximum Gasteiger partial charge on any atom is 0.439 e. The van der Waals surface area contributed by atoms with Crippen molar-refractivity contribution >= 4 is 28.3 Å². The summed E-state index contributed by atoms with van der Waals surface area (Å²) >= 11 is 6.08. The fraction of sp³-hybridized carbons (Fsp3) is 0.154. The van der Waals surface area contributed by atoms with Crippen molar-refractivity contribution in [1.29, 1.82) is 0 Å². The molecule has 0 amide bonds. The second-order valence-electron chi connectivity index (χ2n) is 8.16. The number of H-pyrrole nitrogens is 1. The average Bonchev–Trinajstić information content (AvgIpc) is 3.29. The summed E-state index contributed by atoms with van der Waals surface area (Å²) in [6, 6.07) is 14.6. The van der Waals surface area contributed by atoms with E-state index in [4.69, 9.17) is 16.0 Å². The molecule has 0 aliphatic heterocycles. The molecule has 5 aromatic rings. The van der Waals surface area contributed by atoms with Gasteiger partial charge < -0.3 is 9.73 Å². The summed E-state index contributed by atoms with van der Waals surface area (Å²) in [7, 11) is 0. The Kier molecular flexibility index (Phi) is 5.42. The SMILES string of the molecule is [2H]C(C)(Nc1ccc(Cl)nc1-c1noc(=O)[nH]1)c1cc(C)cc2c(=O)c(C)c(-c3ccccc3)oc12. The Morgan fingerprint density at radius 1 is 1.11 bits per heavy atom. The second kappa shape index (κ2) is 8.88. The number of halogens is 1. The highest BCUT2D eigenvalue weighted by atomic mass is 35.5. The molecule has 3 aromatic heterocycles. The van der Waals surface area contributed by atoms with Gasteiger partial charge in [0.25, 0.3) is 0 Å². The Balaban J connectivity index is 1.70. The highest BCUT2D eigenvalue weighted by Gasteiger charge is 2.21. The number of hydrogen-bond acceptors (Lipinski definition) is 7. The van der Waals surface area contributed by atoms with E-state index in [-0.39, 0.29) is 22.1 Å². The monoisotopic (exact) mass is 489 g/mol. The molecule has 0 spiro atoms. The van der Waals surface area contributed by atoms with E-state index in [0.29, 0.717) is 33.5 Å². The smallest absolute Gasteiger partial charge is 0.439 e. The molecule has 8 nitrogen and oxygen atoms in total. The van der Waals surface area contributed by atoms with Crippen molar-refractivity contribution in [1.82, 2.24) is 15.1 Å². The Morgan fingerprint density at radius 3 is 2.60 bits per heavy atom. The van der Waals surface area contributed by atoms with Crippen LogP contribution in [0.4, 0.5) is 5.69 Å². The topological polar surface area (TPSA) is 114 Å². The van der Waals surface area contributed by atoms with Crippen molar-refractivity contribution in [3.05, 3.63) is 97.2 Å². The van der Waals surface area contributed by atoms with Crippen LogP contribution in [0.15, 0.2) is 73.1 Å². The summed E-state index contributed by atoms with van der Waals surface area (Å²) in [5, 5.41) is 7.38. The number of aromatic amines is 1. The number of aromatic nitrogens is 3. The van der Waals surface area contributed by atoms with Gasteiger partial charge in [0.1, 0.15) is 22.2 Å². The third-order valence-electron chi connectivity index (χ3n) is 5.65. The highest BCUT2D eigenvalue weighted by Crippen LogP contribution is 2.34. The van der Waals surface area contributed by atoms with E-state index < -0.39 is 11.8 Å². The molecule has 0 saturated heterocycles. The molecule has 3 heterocycles. The molecule has 0 radical (unpaired) electrons. The van der Waals surface area contributed by atoms with E-state index in [9.17, 15) is 11.0 Å². The van der Waals surface area contributed by atoms with Crippen LogP contribution >= 0.6 is 11.6 Å². The zero-order valence-electron chi connectivity index (χ0n) is 20.1. The van der Waals surface area contributed by atoms with Gasteiger partial charge in [0.15, 0.2) is 5.43 Å². The Hall–Kier alpha value is -4.17. The molecule has 35 heavy (non-hydrogen) atoms. The van der Waals surface area contributed by atoms with Crippen LogP contribution in [0.2, 0.25) is 5.15 Å². The van der Waals surface area contributed by atoms with Gasteiger partial charge in [0.2, 0.25) is 5.82 Å². The van der Waals surface area contributed by atoms with E-state index in [1.54, 1.807) is 38.1 Å². The van der Waals surface area contributed by atoms with Crippen LogP contribution in [-0.4, -0.2) is 15.1 Å². The zero-order valence-corrected chi connectivity index (χ0v) is 19.9. The molecule has 0 bridgehead atoms. The molecule has 1 atom stereocenters. The molecule has 2 aromatic carbocycles. The minimum absolute atomic E-state index is 0.0587. The largest absolute Gasteiger partial charge is 0.455 e. The predicted molar refractivity (Wildman–Crippen MR) is 135 cm³/mol. The van der Waals surface area contributed by atoms with Gasteiger partial charge in [-0.2, -0.15) is 0 Å². The van der Waals surface area contributed by atoms with E-state index >= 15 is 0 Å². The predicted octanol–water partition coefficient (Wildman–Crippen LogP) is 5.64. The third kappa shape index (κ3) is 4.24. The molecular formula is C26H21ClN4O4. The fourth-order valence-electron chi connectivity index (χ4n) is 4.00. The summed E-state index contributed by atoms with van der Waals surface area (Å²) in [5.74, 6) is -0.243. The van der Waals surface area contributed by atoms with E-state index in [1.807, 2.05) is 37.3 Å². The maximum absolute atomic E-state index is 13.4. The molecule has 9 heteroatoms. The minimum Gasteiger partial charge on any atom is -0.455 e. The standard InChI is InChI=1S/C26H21ClN4O4/c1-13-11-17(15(3)28-19-9-10-20(27)29-21(19)25-30-26(33)35-31-25)24-18(12-13)22(32)14(2)23(34-24)16-7-5-4-6-8-16/h4-12,15,28H,1-3H3,(H,30,31,33)/i15D. The van der Waals surface area contributed by atoms with Gasteiger partial charge in [-0.15, -0.1) is 0 Å². The number of anilines is 1. The summed E-state index contributed by atoms with van der Waals surface area (Å²) < 4.78 is 20.2. The van der Waals surface area contributed by atoms with E-state index in [1.165, 1.54) is 0 Å². The van der Waals surface area contributed by atoms with Crippen LogP contribution in [0, 0.1) is 13.8 Å². The lowest BCUT2D eigenvalue weighted by Crippen LogP contribution is -2.13. The third-order valence-corrected chi connectivity index (χ3v) is 5.86. The number of benzene rings is 2. The molecule has 0 aliphatic rings. The lowest BCUT2D eigenvalue weighted by molar-refractivity contribution is 0.388. The zero-order chi connectivity index (χ0) is 25.6. The van der Waals surface area contributed by atoms with Crippen molar-refractivity contribution in [3.63, 3.8) is 0 Å². The van der Waals surface area contributed by atoms with Gasteiger partial charge in [-0.1, -0.05) is 53.2 Å². The number of hydrogen-bond donors (Lipinski definition) is 2. The van der Waals surface area contributed by atoms with Crippen LogP contribution in [0.5, 0.6) is 0 Å². The van der Waals surface area contributed by atoms with Gasteiger partial charge in [-0.25, -0.2) is 9.78 Å². The van der Waals surface area contributed by atoms with Gasteiger partial charge in [-0.05, 0) is 44.5 Å². The van der Waals surface area contributed by atoms with Gasteiger partial charge >= 0.3 is 5.76 Å². The number of nitrogens with one attached hydrogen (secondary N) is 2. The molecule has 0 saturated carbocycles. The first kappa shape index (κ1) is 21.4. The van der Waals surface area contributed by atoms with Crippen molar-refractivity contribution in [2.24, 2.45) is 0 Å². The molecular weight excluding hydrogens is 468 g/mol. The first-order valence-electron chi connectivity index (χ1n) is 11.3. The number of aryl methyl sites for hydroxylation is 1. The van der Waals surface area contributed by atoms with Crippen LogP contribution in [-0.2, 0) is 0 Å². The minimum atomic E-state index is -1.50. The van der Waals surface area contributed by atoms with E-state index in [2.05, 4.69) is 25.0 Å². The summed E-state index contributed by atoms with van der Waals surface area (Å²) in [4.78, 5) is 31.6. The Labute approximate surface area is 206 Å². The first-order chi connectivity index (χ1) is 17.1. The van der Waals surface area contributed by atoms with Gasteiger partial charge in [-0.3, -0.25) is 14.3 Å². The van der Waals surface area contributed by atoms with Crippen molar-refractivity contribution in [3.8, 4) is 22.8 Å². The van der Waals surface area contributed by atoms with Crippen molar-refractivity contribution in [2.75, 3.05) is 5.32 Å². The number of pyridine rings is 1. The normalized spacial score (nSPS) is 13.4. The fourth-order valence-corrected chi connectivity index (χ4v) is 4.14. The molecule has 0 fully saturated rings. The number of nitrogens with zero attached hydrogens (tertiary/aromatic N) is 2. The first-order valence-corrected chi connectivity index (χ1v) is 11.2. The van der Waals surface area contributed by atoms with Crippen LogP contribution < -0.4 is 16.5 Å². The second-order valence-corrected chi connectivity index (χ2v) is 8.55. The van der Waals surface area contributed by atoms with E-state index in [0.717, 1.165) is 11.1 Å². The number of fused-ring (bicyclic) bond motifs is 1. The summed E-state index contributed by atoms with van der Waals surface area (Å²) in [6.07, 6.45) is 0. The maximum atomic E-state index is 13.4. The Morgan fingerprint density at radius 2 is 1.89 bits per heavy atom. The molecule has 176 valence electrons. The van der Waals surface area contributed by atoms with Crippen LogP contribution in [0.1, 0.15) is 31.0 Å². The molecule has 0 aliphatic carbocycles. The van der Waals surface area contributed by atoms with Gasteiger partial charge in [0.05, 0.1) is 18.5 Å². The number of rotatable bonds is 5. The molecule has 5 rings (SSSR count). The summed E-state index contributed by atoms with van der Waals surface area (Å²) in [5.41, 5.74) is 3.21.